The van der Waals surface area contributed by atoms with Crippen molar-refractivity contribution in [1.82, 2.24) is 0 Å². The van der Waals surface area contributed by atoms with Gasteiger partial charge < -0.3 is 0 Å². The van der Waals surface area contributed by atoms with Crippen LogP contribution in [0, 0.1) is 0 Å². The molecule has 0 bridgehead atoms. The molecule has 1 heterocycles. The van der Waals surface area contributed by atoms with E-state index in [9.17, 15) is 0 Å². The molecule has 0 unspecified atom stereocenters. The molecule has 0 atom stereocenters. The molecular formula is C45H30S. The van der Waals surface area contributed by atoms with E-state index < -0.39 is 0 Å². The van der Waals surface area contributed by atoms with E-state index in [0.717, 1.165) is 0 Å². The summed E-state index contributed by atoms with van der Waals surface area (Å²) < 4.78 is 2.72. The lowest BCUT2D eigenvalue weighted by Gasteiger charge is -2.23. The third-order valence-electron chi connectivity index (χ3n) is 10.4. The third kappa shape index (κ3) is 3.49. The Balaban J connectivity index is 1.25. The lowest BCUT2D eigenvalue weighted by molar-refractivity contribution is 0.666. The number of thiophene rings is 1. The largest absolute Gasteiger partial charge is 0.135 e. The first-order valence-electron chi connectivity index (χ1n) is 16.1. The normalized spacial score (nSPS) is 13.6. The van der Waals surface area contributed by atoms with Crippen LogP contribution in [0.15, 0.2) is 146 Å². The minimum absolute atomic E-state index is 0.108. The first-order chi connectivity index (χ1) is 22.6. The van der Waals surface area contributed by atoms with Gasteiger partial charge in [0.05, 0.1) is 0 Å². The quantitative estimate of drug-likeness (QED) is 0.173. The Labute approximate surface area is 272 Å². The number of hydrogen-bond donors (Lipinski definition) is 0. The summed E-state index contributed by atoms with van der Waals surface area (Å²) in [4.78, 5) is 0. The predicted molar refractivity (Wildman–Crippen MR) is 200 cm³/mol. The topological polar surface area (TPSA) is 0 Å². The molecule has 0 fully saturated rings. The van der Waals surface area contributed by atoms with Gasteiger partial charge in [-0.25, -0.2) is 0 Å². The van der Waals surface area contributed by atoms with Crippen molar-refractivity contribution >= 4 is 63.8 Å². The summed E-state index contributed by atoms with van der Waals surface area (Å²) in [5.41, 5.74) is 10.6. The van der Waals surface area contributed by atoms with Gasteiger partial charge in [-0.05, 0) is 101 Å². The van der Waals surface area contributed by atoms with Gasteiger partial charge in [-0.3, -0.25) is 0 Å². The molecule has 0 saturated heterocycles. The second-order valence-corrected chi connectivity index (χ2v) is 14.3. The SMILES string of the molecule is CC1(C)c2ccc(-c3c4ccccc4c(-c4ccccc4)c4ccccc34)cc2-c2ccc3cc4sc5ccccc5c4cc3c21. The van der Waals surface area contributed by atoms with Gasteiger partial charge in [0.25, 0.3) is 0 Å². The smallest absolute Gasteiger partial charge is 0.0361 e. The van der Waals surface area contributed by atoms with E-state index in [1.807, 2.05) is 11.3 Å². The van der Waals surface area contributed by atoms with Crippen molar-refractivity contribution in [1.29, 1.82) is 0 Å². The first-order valence-corrected chi connectivity index (χ1v) is 16.9. The number of hydrogen-bond acceptors (Lipinski definition) is 1. The van der Waals surface area contributed by atoms with Crippen molar-refractivity contribution in [3.8, 4) is 33.4 Å². The Morgan fingerprint density at radius 2 is 1.02 bits per heavy atom. The van der Waals surface area contributed by atoms with Crippen LogP contribution in [0.1, 0.15) is 25.0 Å². The molecule has 0 saturated carbocycles. The van der Waals surface area contributed by atoms with Gasteiger partial charge in [-0.15, -0.1) is 11.3 Å². The summed E-state index contributed by atoms with van der Waals surface area (Å²) in [7, 11) is 0. The number of rotatable bonds is 2. The lowest BCUT2D eigenvalue weighted by Crippen LogP contribution is -2.15. The third-order valence-corrected chi connectivity index (χ3v) is 11.5. The summed E-state index contributed by atoms with van der Waals surface area (Å²) in [6, 6.07) is 54.4. The molecule has 216 valence electrons. The van der Waals surface area contributed by atoms with Crippen LogP contribution in [-0.4, -0.2) is 0 Å². The fourth-order valence-electron chi connectivity index (χ4n) is 8.40. The molecule has 10 rings (SSSR count). The Morgan fingerprint density at radius 3 is 1.72 bits per heavy atom. The predicted octanol–water partition coefficient (Wildman–Crippen LogP) is 13.2. The maximum atomic E-state index is 2.48. The van der Waals surface area contributed by atoms with Crippen LogP contribution in [0.25, 0.3) is 85.9 Å². The second kappa shape index (κ2) is 9.39. The molecule has 0 amide bonds. The molecular weight excluding hydrogens is 573 g/mol. The zero-order chi connectivity index (χ0) is 30.6. The maximum absolute atomic E-state index is 2.48. The van der Waals surface area contributed by atoms with E-state index in [-0.39, 0.29) is 5.41 Å². The van der Waals surface area contributed by atoms with E-state index in [1.54, 1.807) is 0 Å². The van der Waals surface area contributed by atoms with E-state index in [2.05, 4.69) is 159 Å². The van der Waals surface area contributed by atoms with Crippen LogP contribution in [0.4, 0.5) is 0 Å². The molecule has 1 aliphatic rings. The highest BCUT2D eigenvalue weighted by Crippen LogP contribution is 2.54. The van der Waals surface area contributed by atoms with Crippen LogP contribution in [0.5, 0.6) is 0 Å². The zero-order valence-corrected chi connectivity index (χ0v) is 26.6. The highest BCUT2D eigenvalue weighted by atomic mass is 32.1. The van der Waals surface area contributed by atoms with Gasteiger partial charge in [-0.1, -0.05) is 135 Å². The summed E-state index contributed by atoms with van der Waals surface area (Å²) >= 11 is 1.90. The Kier molecular flexibility index (Phi) is 5.31. The average molecular weight is 603 g/mol. The van der Waals surface area contributed by atoms with Gasteiger partial charge in [0.1, 0.15) is 0 Å². The van der Waals surface area contributed by atoms with Crippen molar-refractivity contribution in [2.45, 2.75) is 19.3 Å². The molecule has 9 aromatic rings. The lowest BCUT2D eigenvalue weighted by atomic mass is 9.79. The van der Waals surface area contributed by atoms with Crippen molar-refractivity contribution in [2.24, 2.45) is 0 Å². The van der Waals surface area contributed by atoms with Crippen LogP contribution in [0.2, 0.25) is 0 Å². The van der Waals surface area contributed by atoms with Crippen molar-refractivity contribution < 1.29 is 0 Å². The molecule has 0 aliphatic heterocycles. The standard InChI is InChI=1S/C45H30S/c1-45(2)39-23-21-29(43-33-17-8-6-15-31(33)42(27-12-4-3-5-13-27)32-16-7-9-18-34(32)43)24-37(39)35-22-20-28-25-41-38(26-36(28)44(35)45)30-14-10-11-19-40(30)46-41/h3-26H,1-2H3. The average Bonchev–Trinajstić information content (AvgIpc) is 3.57. The van der Waals surface area contributed by atoms with Crippen LogP contribution < -0.4 is 0 Å². The van der Waals surface area contributed by atoms with Crippen molar-refractivity contribution in [2.75, 3.05) is 0 Å². The molecule has 0 spiro atoms. The molecule has 0 radical (unpaired) electrons. The molecule has 1 aliphatic carbocycles. The fourth-order valence-corrected chi connectivity index (χ4v) is 9.53. The molecule has 1 aromatic heterocycles. The van der Waals surface area contributed by atoms with Crippen LogP contribution >= 0.6 is 11.3 Å². The van der Waals surface area contributed by atoms with Crippen molar-refractivity contribution in [3.05, 3.63) is 157 Å². The Hall–Kier alpha value is -5.24. The monoisotopic (exact) mass is 602 g/mol. The highest BCUT2D eigenvalue weighted by molar-refractivity contribution is 7.25. The minimum Gasteiger partial charge on any atom is -0.135 e. The van der Waals surface area contributed by atoms with Crippen LogP contribution in [0.3, 0.4) is 0 Å². The Bertz CT molecular complexity index is 2650. The summed E-state index contributed by atoms with van der Waals surface area (Å²) in [6.07, 6.45) is 0. The van der Waals surface area contributed by atoms with Crippen molar-refractivity contribution in [3.63, 3.8) is 0 Å². The summed E-state index contributed by atoms with van der Waals surface area (Å²) in [6.45, 7) is 4.82. The van der Waals surface area contributed by atoms with E-state index >= 15 is 0 Å². The highest BCUT2D eigenvalue weighted by Gasteiger charge is 2.37. The van der Waals surface area contributed by atoms with Gasteiger partial charge >= 0.3 is 0 Å². The number of fused-ring (bicyclic) bond motifs is 10. The first kappa shape index (κ1) is 26.0. The van der Waals surface area contributed by atoms with E-state index in [0.29, 0.717) is 0 Å². The van der Waals surface area contributed by atoms with E-state index in [4.69, 9.17) is 0 Å². The van der Waals surface area contributed by atoms with Gasteiger partial charge in [0.2, 0.25) is 0 Å². The maximum Gasteiger partial charge on any atom is 0.0361 e. The molecule has 0 nitrogen and oxygen atoms in total. The second-order valence-electron chi connectivity index (χ2n) is 13.2. The summed E-state index contributed by atoms with van der Waals surface area (Å²) in [5, 5.41) is 10.6. The molecule has 46 heavy (non-hydrogen) atoms. The fraction of sp³-hybridized carbons (Fsp3) is 0.0667. The molecule has 1 heteroatoms. The Morgan fingerprint density at radius 1 is 0.413 bits per heavy atom. The zero-order valence-electron chi connectivity index (χ0n) is 25.8. The van der Waals surface area contributed by atoms with Gasteiger partial charge in [0.15, 0.2) is 0 Å². The molecule has 8 aromatic carbocycles. The number of benzene rings is 8. The van der Waals surface area contributed by atoms with Gasteiger partial charge in [0, 0.05) is 25.6 Å². The van der Waals surface area contributed by atoms with Gasteiger partial charge in [-0.2, -0.15) is 0 Å². The van der Waals surface area contributed by atoms with E-state index in [1.165, 1.54) is 97.0 Å². The van der Waals surface area contributed by atoms with Crippen LogP contribution in [-0.2, 0) is 5.41 Å². The molecule has 0 N–H and O–H groups in total. The summed E-state index contributed by atoms with van der Waals surface area (Å²) in [5.74, 6) is 0. The minimum atomic E-state index is -0.108.